The smallest absolute Gasteiger partial charge is 0.252 e. The van der Waals surface area contributed by atoms with Crippen molar-refractivity contribution in [3.63, 3.8) is 0 Å². The summed E-state index contributed by atoms with van der Waals surface area (Å²) in [5.41, 5.74) is 0.859. The highest BCUT2D eigenvalue weighted by Crippen LogP contribution is 2.30. The second kappa shape index (κ2) is 2.31. The van der Waals surface area contributed by atoms with Crippen molar-refractivity contribution < 1.29 is 9.18 Å². The molecule has 1 N–H and O–H groups in total. The largest absolute Gasteiger partial charge is 0.343 e. The van der Waals surface area contributed by atoms with Gasteiger partial charge < -0.3 is 5.32 Å². The topological polar surface area (TPSA) is 29.1 Å². The number of hydrogen-bond donors (Lipinski definition) is 1. The number of halogens is 1. The van der Waals surface area contributed by atoms with Gasteiger partial charge in [0.15, 0.2) is 0 Å². The van der Waals surface area contributed by atoms with Crippen LogP contribution in [-0.4, -0.2) is 5.91 Å². The number of amides is 1. The molecule has 1 amide bonds. The van der Waals surface area contributed by atoms with E-state index in [-0.39, 0.29) is 11.7 Å². The predicted molar refractivity (Wildman–Crippen MR) is 46.9 cm³/mol. The predicted octanol–water partition coefficient (Wildman–Crippen LogP) is 1.80. The van der Waals surface area contributed by atoms with Crippen LogP contribution in [0.2, 0.25) is 0 Å². The number of nitrogens with one attached hydrogen (secondary N) is 1. The fraction of sp³-hybridized carbons (Fsp3) is 0.300. The number of rotatable bonds is 0. The van der Waals surface area contributed by atoms with E-state index in [4.69, 9.17) is 0 Å². The van der Waals surface area contributed by atoms with Gasteiger partial charge in [-0.2, -0.15) is 0 Å². The van der Waals surface area contributed by atoms with Crippen LogP contribution in [0.3, 0.4) is 0 Å². The number of carbonyl (C=O) groups is 1. The van der Waals surface area contributed by atoms with Crippen LogP contribution in [0, 0.1) is 5.82 Å². The van der Waals surface area contributed by atoms with Crippen molar-refractivity contribution in [3.05, 3.63) is 35.1 Å². The summed E-state index contributed by atoms with van der Waals surface area (Å²) in [4.78, 5) is 11.4. The summed E-state index contributed by atoms with van der Waals surface area (Å²) in [6, 6.07) is 4.24. The van der Waals surface area contributed by atoms with Crippen molar-refractivity contribution in [3.8, 4) is 0 Å². The average molecular weight is 179 g/mol. The molecule has 0 bridgehead atoms. The maximum atomic E-state index is 12.9. The van der Waals surface area contributed by atoms with Crippen molar-refractivity contribution in [2.75, 3.05) is 0 Å². The van der Waals surface area contributed by atoms with Gasteiger partial charge in [-0.25, -0.2) is 4.39 Å². The molecule has 0 saturated heterocycles. The molecule has 1 aromatic rings. The Labute approximate surface area is 75.8 Å². The molecule has 0 spiro atoms. The van der Waals surface area contributed by atoms with Crippen LogP contribution in [0.15, 0.2) is 18.2 Å². The Hall–Kier alpha value is -1.38. The number of carbonyl (C=O) groups excluding carboxylic acids is 1. The Bertz CT molecular complexity index is 385. The lowest BCUT2D eigenvalue weighted by Gasteiger charge is -2.18. The standard InChI is InChI=1S/C10H10FNO/c1-10(2)8-5-6(11)3-4-7(8)9(13)12-10/h3-5H,1-2H3,(H,12,13). The van der Waals surface area contributed by atoms with Crippen molar-refractivity contribution in [1.82, 2.24) is 5.32 Å². The Morgan fingerprint density at radius 3 is 2.77 bits per heavy atom. The number of fused-ring (bicyclic) bond motifs is 1. The minimum atomic E-state index is -0.450. The molecule has 0 fully saturated rings. The van der Waals surface area contributed by atoms with Crippen LogP contribution in [0.5, 0.6) is 0 Å². The molecule has 3 heteroatoms. The SMILES string of the molecule is CC1(C)NC(=O)c2ccc(F)cc21. The van der Waals surface area contributed by atoms with Crippen molar-refractivity contribution in [1.29, 1.82) is 0 Å². The molecular weight excluding hydrogens is 169 g/mol. The summed E-state index contributed by atoms with van der Waals surface area (Å²) in [7, 11) is 0. The zero-order valence-corrected chi connectivity index (χ0v) is 7.52. The Balaban J connectivity index is 2.66. The second-order valence-corrected chi connectivity index (χ2v) is 3.77. The number of benzene rings is 1. The molecule has 1 aromatic carbocycles. The minimum absolute atomic E-state index is 0.125. The van der Waals surface area contributed by atoms with Crippen LogP contribution >= 0.6 is 0 Å². The van der Waals surface area contributed by atoms with Crippen LogP contribution < -0.4 is 5.32 Å². The van der Waals surface area contributed by atoms with Gasteiger partial charge in [0.1, 0.15) is 5.82 Å². The van der Waals surface area contributed by atoms with E-state index in [1.165, 1.54) is 18.2 Å². The summed E-state index contributed by atoms with van der Waals surface area (Å²) in [6.45, 7) is 3.71. The zero-order chi connectivity index (χ0) is 9.64. The van der Waals surface area contributed by atoms with Crippen LogP contribution in [-0.2, 0) is 5.54 Å². The van der Waals surface area contributed by atoms with Crippen molar-refractivity contribution in [2.24, 2.45) is 0 Å². The lowest BCUT2D eigenvalue weighted by molar-refractivity contribution is 0.0940. The Morgan fingerprint density at radius 1 is 1.38 bits per heavy atom. The molecule has 2 nitrogen and oxygen atoms in total. The molecule has 0 radical (unpaired) electrons. The van der Waals surface area contributed by atoms with E-state index in [1.54, 1.807) is 0 Å². The molecule has 1 aliphatic heterocycles. The third kappa shape index (κ3) is 1.11. The highest BCUT2D eigenvalue weighted by atomic mass is 19.1. The van der Waals surface area contributed by atoms with E-state index < -0.39 is 5.54 Å². The van der Waals surface area contributed by atoms with Crippen LogP contribution in [0.25, 0.3) is 0 Å². The quantitative estimate of drug-likeness (QED) is 0.646. The molecule has 0 aromatic heterocycles. The molecular formula is C10H10FNO. The van der Waals surface area contributed by atoms with Gasteiger partial charge in [-0.05, 0) is 37.6 Å². The second-order valence-electron chi connectivity index (χ2n) is 3.77. The van der Waals surface area contributed by atoms with Gasteiger partial charge in [0.25, 0.3) is 5.91 Å². The molecule has 1 heterocycles. The molecule has 0 atom stereocenters. The van der Waals surface area contributed by atoms with E-state index in [2.05, 4.69) is 5.32 Å². The van der Waals surface area contributed by atoms with Gasteiger partial charge in [0.05, 0.1) is 5.54 Å². The van der Waals surface area contributed by atoms with Gasteiger partial charge in [0.2, 0.25) is 0 Å². The third-order valence-electron chi connectivity index (χ3n) is 2.33. The first-order chi connectivity index (χ1) is 6.00. The molecule has 68 valence electrons. The Kier molecular flexibility index (Phi) is 1.46. The molecule has 0 unspecified atom stereocenters. The molecule has 1 aliphatic rings. The minimum Gasteiger partial charge on any atom is -0.343 e. The fourth-order valence-corrected chi connectivity index (χ4v) is 1.65. The van der Waals surface area contributed by atoms with E-state index >= 15 is 0 Å². The van der Waals surface area contributed by atoms with Gasteiger partial charge >= 0.3 is 0 Å². The molecule has 2 rings (SSSR count). The summed E-state index contributed by atoms with van der Waals surface area (Å²) < 4.78 is 12.9. The van der Waals surface area contributed by atoms with Gasteiger partial charge in [-0.1, -0.05) is 0 Å². The molecule has 0 saturated carbocycles. The highest BCUT2D eigenvalue weighted by molar-refractivity contribution is 5.99. The van der Waals surface area contributed by atoms with E-state index in [0.717, 1.165) is 5.56 Å². The van der Waals surface area contributed by atoms with Gasteiger partial charge in [-0.3, -0.25) is 4.79 Å². The fourth-order valence-electron chi connectivity index (χ4n) is 1.65. The lowest BCUT2D eigenvalue weighted by atomic mass is 9.95. The summed E-state index contributed by atoms with van der Waals surface area (Å²) in [5, 5.41) is 2.78. The van der Waals surface area contributed by atoms with Crippen molar-refractivity contribution in [2.45, 2.75) is 19.4 Å². The highest BCUT2D eigenvalue weighted by Gasteiger charge is 2.34. The van der Waals surface area contributed by atoms with Crippen LogP contribution in [0.4, 0.5) is 4.39 Å². The molecule has 13 heavy (non-hydrogen) atoms. The maximum Gasteiger partial charge on any atom is 0.252 e. The summed E-state index contributed by atoms with van der Waals surface area (Å²) in [6.07, 6.45) is 0. The summed E-state index contributed by atoms with van der Waals surface area (Å²) >= 11 is 0. The molecule has 0 aliphatic carbocycles. The van der Waals surface area contributed by atoms with E-state index in [9.17, 15) is 9.18 Å². The first-order valence-electron chi connectivity index (χ1n) is 4.13. The van der Waals surface area contributed by atoms with Gasteiger partial charge in [-0.15, -0.1) is 0 Å². The first kappa shape index (κ1) is 8.23. The van der Waals surface area contributed by atoms with Crippen LogP contribution in [0.1, 0.15) is 29.8 Å². The Morgan fingerprint density at radius 2 is 2.08 bits per heavy atom. The normalized spacial score (nSPS) is 18.2. The maximum absolute atomic E-state index is 12.9. The van der Waals surface area contributed by atoms with E-state index in [1.807, 2.05) is 13.8 Å². The zero-order valence-electron chi connectivity index (χ0n) is 7.52. The first-order valence-corrected chi connectivity index (χ1v) is 4.13. The number of hydrogen-bond acceptors (Lipinski definition) is 1. The van der Waals surface area contributed by atoms with Crippen molar-refractivity contribution >= 4 is 5.91 Å². The van der Waals surface area contributed by atoms with Gasteiger partial charge in [0, 0.05) is 5.56 Å². The monoisotopic (exact) mass is 179 g/mol. The average Bonchev–Trinajstić information content (AvgIpc) is 2.23. The van der Waals surface area contributed by atoms with E-state index in [0.29, 0.717) is 5.56 Å². The third-order valence-corrected chi connectivity index (χ3v) is 2.33. The summed E-state index contributed by atoms with van der Waals surface area (Å²) in [5.74, 6) is -0.427. The lowest BCUT2D eigenvalue weighted by Crippen LogP contribution is -2.32.